The Bertz CT molecular complexity index is 3370. The monoisotopic (exact) mass is 650 g/mol. The molecule has 5 aromatic heterocycles. The molecule has 0 amide bonds. The molecule has 5 heteroatoms. The quantitative estimate of drug-likeness (QED) is 0.191. The van der Waals surface area contributed by atoms with E-state index >= 15 is 0 Å². The molecule has 0 radical (unpaired) electrons. The Morgan fingerprint density at radius 1 is 0.451 bits per heavy atom. The molecule has 0 fully saturated rings. The molecule has 7 aromatic carbocycles. The van der Waals surface area contributed by atoms with E-state index in [4.69, 9.17) is 14.4 Å². The van der Waals surface area contributed by atoms with E-state index in [1.165, 1.54) is 43.5 Å². The smallest absolute Gasteiger partial charge is 0.231 e. The van der Waals surface area contributed by atoms with Gasteiger partial charge in [-0.1, -0.05) is 121 Å². The fraction of sp³-hybridized carbons (Fsp3) is 0. The molecule has 0 aliphatic rings. The zero-order valence-corrected chi connectivity index (χ0v) is 27.2. The van der Waals surface area contributed by atoms with Crippen LogP contribution in [0, 0.1) is 0 Å². The third kappa shape index (κ3) is 3.54. The van der Waals surface area contributed by atoms with Crippen molar-refractivity contribution in [2.24, 2.45) is 0 Å². The number of nitrogens with zero attached hydrogens (tertiary/aromatic N) is 4. The van der Waals surface area contributed by atoms with Gasteiger partial charge in [0.05, 0.1) is 38.7 Å². The van der Waals surface area contributed by atoms with Crippen LogP contribution in [0.2, 0.25) is 0 Å². The zero-order valence-electron chi connectivity index (χ0n) is 27.2. The zero-order chi connectivity index (χ0) is 33.2. The highest BCUT2D eigenvalue weighted by atomic mass is 16.3. The van der Waals surface area contributed by atoms with Crippen LogP contribution in [0.1, 0.15) is 0 Å². The largest absolute Gasteiger partial charge is 0.438 e. The van der Waals surface area contributed by atoms with E-state index in [1.54, 1.807) is 0 Å². The van der Waals surface area contributed by atoms with Crippen molar-refractivity contribution in [1.82, 2.24) is 18.9 Å². The first kappa shape index (κ1) is 26.9. The normalized spacial score (nSPS) is 12.3. The van der Waals surface area contributed by atoms with E-state index in [1.807, 2.05) is 48.5 Å². The highest BCUT2D eigenvalue weighted by Crippen LogP contribution is 2.44. The Kier molecular flexibility index (Phi) is 5.17. The van der Waals surface area contributed by atoms with Crippen LogP contribution in [-0.4, -0.2) is 18.9 Å². The van der Waals surface area contributed by atoms with Crippen molar-refractivity contribution in [3.8, 4) is 28.3 Å². The van der Waals surface area contributed by atoms with Gasteiger partial charge in [0.2, 0.25) is 5.71 Å². The molecule has 0 bridgehead atoms. The summed E-state index contributed by atoms with van der Waals surface area (Å²) in [7, 11) is 0. The standard InChI is InChI=1S/C46H26N4O/c1-2-12-27(13-3-1)45-47-43(42-34-16-6-9-23-40(34)51-46(42)48-45)35-19-11-22-38-41(35)33-15-5-8-21-37(33)49(38)28-24-25-30-32-18-10-17-31-29-14-4-7-20-36(29)50(44(31)32)39(30)26-28/h1-26H. The van der Waals surface area contributed by atoms with Gasteiger partial charge in [-0.2, -0.15) is 4.98 Å². The predicted molar refractivity (Wildman–Crippen MR) is 209 cm³/mol. The number of benzene rings is 7. The third-order valence-electron chi connectivity index (χ3n) is 10.7. The summed E-state index contributed by atoms with van der Waals surface area (Å²) < 4.78 is 11.3. The number of hydrogen-bond donors (Lipinski definition) is 0. The van der Waals surface area contributed by atoms with Gasteiger partial charge in [0, 0.05) is 54.5 Å². The van der Waals surface area contributed by atoms with Crippen LogP contribution >= 0.6 is 0 Å². The summed E-state index contributed by atoms with van der Waals surface area (Å²) in [5.74, 6) is 0.640. The molecular weight excluding hydrogens is 625 g/mol. The summed E-state index contributed by atoms with van der Waals surface area (Å²) in [6.45, 7) is 0. The van der Waals surface area contributed by atoms with Crippen molar-refractivity contribution in [1.29, 1.82) is 0 Å². The molecule has 0 saturated heterocycles. The molecule has 5 nitrogen and oxygen atoms in total. The Hall–Kier alpha value is -6.98. The second kappa shape index (κ2) is 9.80. The van der Waals surface area contributed by atoms with Crippen molar-refractivity contribution in [3.63, 3.8) is 0 Å². The summed E-state index contributed by atoms with van der Waals surface area (Å²) in [6, 6.07) is 55.9. The van der Waals surface area contributed by atoms with Gasteiger partial charge < -0.3 is 13.4 Å². The average molecular weight is 651 g/mol. The van der Waals surface area contributed by atoms with Crippen molar-refractivity contribution in [2.75, 3.05) is 0 Å². The molecule has 0 spiro atoms. The number of fused-ring (bicyclic) bond motifs is 12. The minimum Gasteiger partial charge on any atom is -0.438 e. The van der Waals surface area contributed by atoms with Crippen LogP contribution in [0.3, 0.4) is 0 Å². The first-order valence-electron chi connectivity index (χ1n) is 17.3. The molecule has 12 rings (SSSR count). The Balaban J connectivity index is 1.19. The minimum absolute atomic E-state index is 0.587. The second-order valence-electron chi connectivity index (χ2n) is 13.3. The second-order valence-corrected chi connectivity index (χ2v) is 13.3. The first-order chi connectivity index (χ1) is 25.3. The van der Waals surface area contributed by atoms with Crippen LogP contribution in [0.5, 0.6) is 0 Å². The van der Waals surface area contributed by atoms with Crippen LogP contribution in [-0.2, 0) is 0 Å². The fourth-order valence-corrected chi connectivity index (χ4v) is 8.59. The van der Waals surface area contributed by atoms with E-state index in [-0.39, 0.29) is 0 Å². The first-order valence-corrected chi connectivity index (χ1v) is 17.3. The number of furan rings is 1. The molecule has 12 aromatic rings. The van der Waals surface area contributed by atoms with Crippen molar-refractivity contribution in [3.05, 3.63) is 158 Å². The number of para-hydroxylation sites is 4. The molecule has 0 saturated carbocycles. The number of aromatic nitrogens is 4. The molecule has 0 atom stereocenters. The van der Waals surface area contributed by atoms with Gasteiger partial charge in [-0.25, -0.2) is 4.98 Å². The van der Waals surface area contributed by atoms with Gasteiger partial charge in [0.25, 0.3) is 0 Å². The number of hydrogen-bond acceptors (Lipinski definition) is 3. The minimum atomic E-state index is 0.587. The lowest BCUT2D eigenvalue weighted by atomic mass is 10.00. The summed E-state index contributed by atoms with van der Waals surface area (Å²) >= 11 is 0. The maximum Gasteiger partial charge on any atom is 0.231 e. The van der Waals surface area contributed by atoms with Gasteiger partial charge in [-0.05, 0) is 36.4 Å². The van der Waals surface area contributed by atoms with Gasteiger partial charge >= 0.3 is 0 Å². The third-order valence-corrected chi connectivity index (χ3v) is 10.7. The Morgan fingerprint density at radius 2 is 1.12 bits per heavy atom. The summed E-state index contributed by atoms with van der Waals surface area (Å²) in [4.78, 5) is 10.3. The summed E-state index contributed by atoms with van der Waals surface area (Å²) in [5, 5.41) is 9.36. The van der Waals surface area contributed by atoms with Crippen molar-refractivity contribution >= 4 is 82.0 Å². The van der Waals surface area contributed by atoms with Gasteiger partial charge in [-0.3, -0.25) is 0 Å². The maximum absolute atomic E-state index is 6.41. The lowest BCUT2D eigenvalue weighted by Crippen LogP contribution is -1.96. The lowest BCUT2D eigenvalue weighted by Gasteiger charge is -2.11. The number of rotatable bonds is 3. The van der Waals surface area contributed by atoms with Gasteiger partial charge in [-0.15, -0.1) is 0 Å². The summed E-state index contributed by atoms with van der Waals surface area (Å²) in [6.07, 6.45) is 0. The Morgan fingerprint density at radius 3 is 1.98 bits per heavy atom. The van der Waals surface area contributed by atoms with E-state index < -0.39 is 0 Å². The molecule has 236 valence electrons. The SMILES string of the molecule is c1ccc(-c2nc(-c3cccc4c3c3ccccc3n4-c3ccc4c5cccc6c7ccccc7n(c4c3)c65)c3c(n2)oc2ccccc23)cc1. The van der Waals surface area contributed by atoms with Crippen molar-refractivity contribution in [2.45, 2.75) is 0 Å². The van der Waals surface area contributed by atoms with E-state index in [0.717, 1.165) is 55.3 Å². The van der Waals surface area contributed by atoms with E-state index in [2.05, 4.69) is 118 Å². The highest BCUT2D eigenvalue weighted by Gasteiger charge is 2.23. The topological polar surface area (TPSA) is 48.3 Å². The van der Waals surface area contributed by atoms with E-state index in [0.29, 0.717) is 11.5 Å². The predicted octanol–water partition coefficient (Wildman–Crippen LogP) is 12.0. The van der Waals surface area contributed by atoms with Gasteiger partial charge in [0.15, 0.2) is 5.82 Å². The molecule has 51 heavy (non-hydrogen) atoms. The highest BCUT2D eigenvalue weighted by molar-refractivity contribution is 6.24. The lowest BCUT2D eigenvalue weighted by molar-refractivity contribution is 0.653. The van der Waals surface area contributed by atoms with Crippen molar-refractivity contribution < 1.29 is 4.42 Å². The molecule has 0 N–H and O–H groups in total. The molecule has 0 aliphatic carbocycles. The van der Waals surface area contributed by atoms with Crippen LogP contribution in [0.25, 0.3) is 110 Å². The fourth-order valence-electron chi connectivity index (χ4n) is 8.59. The molecule has 5 heterocycles. The van der Waals surface area contributed by atoms with Crippen LogP contribution in [0.15, 0.2) is 162 Å². The average Bonchev–Trinajstić information content (AvgIpc) is 3.93. The van der Waals surface area contributed by atoms with Crippen LogP contribution < -0.4 is 0 Å². The summed E-state index contributed by atoms with van der Waals surface area (Å²) in [5.41, 5.74) is 11.3. The van der Waals surface area contributed by atoms with Crippen LogP contribution in [0.4, 0.5) is 0 Å². The molecule has 0 aliphatic heterocycles. The maximum atomic E-state index is 6.41. The van der Waals surface area contributed by atoms with Gasteiger partial charge in [0.1, 0.15) is 5.58 Å². The molecule has 0 unspecified atom stereocenters. The van der Waals surface area contributed by atoms with E-state index in [9.17, 15) is 0 Å². The molecular formula is C46H26N4O. The Labute approximate surface area is 290 Å².